The Hall–Kier alpha value is -3.23. The molecule has 3 aromatic rings. The van der Waals surface area contributed by atoms with Crippen molar-refractivity contribution in [3.05, 3.63) is 94.0 Å². The zero-order valence-corrected chi connectivity index (χ0v) is 19.2. The monoisotopic (exact) mass is 509 g/mol. The molecule has 0 aliphatic carbocycles. The number of halogens is 5. The third-order valence-electron chi connectivity index (χ3n) is 4.78. The van der Waals surface area contributed by atoms with Gasteiger partial charge >= 0.3 is 12.2 Å². The van der Waals surface area contributed by atoms with Crippen molar-refractivity contribution in [3.8, 4) is 0 Å². The average molecular weight is 510 g/mol. The van der Waals surface area contributed by atoms with E-state index in [1.165, 1.54) is 17.0 Å². The number of nitrogens with one attached hydrogen (secondary N) is 2. The van der Waals surface area contributed by atoms with Crippen LogP contribution < -0.4 is 15.5 Å². The first-order valence-electron chi connectivity index (χ1n) is 10.2. The van der Waals surface area contributed by atoms with Crippen molar-refractivity contribution in [1.82, 2.24) is 5.32 Å². The Labute approximate surface area is 204 Å². The maximum atomic E-state index is 13.2. The molecule has 0 atom stereocenters. The summed E-state index contributed by atoms with van der Waals surface area (Å²) in [6.07, 6.45) is -4.26. The van der Waals surface area contributed by atoms with Crippen molar-refractivity contribution in [2.75, 3.05) is 23.3 Å². The lowest BCUT2D eigenvalue weighted by Crippen LogP contribution is -2.37. The van der Waals surface area contributed by atoms with E-state index < -0.39 is 17.8 Å². The highest BCUT2D eigenvalue weighted by atomic mass is 35.5. The molecule has 0 fully saturated rings. The lowest BCUT2D eigenvalue weighted by Gasteiger charge is -2.24. The smallest absolute Gasteiger partial charge is 0.352 e. The summed E-state index contributed by atoms with van der Waals surface area (Å²) in [6.45, 7) is 0.257. The topological polar surface area (TPSA) is 61.4 Å². The molecule has 5 nitrogen and oxygen atoms in total. The van der Waals surface area contributed by atoms with E-state index in [-0.39, 0.29) is 24.7 Å². The van der Waals surface area contributed by atoms with Crippen LogP contribution >= 0.6 is 23.2 Å². The fraction of sp³-hybridized carbons (Fsp3) is 0.167. The number of amides is 3. The molecule has 0 heterocycles. The van der Waals surface area contributed by atoms with Crippen LogP contribution in [0.2, 0.25) is 10.0 Å². The van der Waals surface area contributed by atoms with Crippen molar-refractivity contribution in [2.45, 2.75) is 12.6 Å². The van der Waals surface area contributed by atoms with E-state index in [4.69, 9.17) is 23.2 Å². The summed E-state index contributed by atoms with van der Waals surface area (Å²) in [5.74, 6) is -0.326. The highest BCUT2D eigenvalue weighted by molar-refractivity contribution is 6.31. The van der Waals surface area contributed by atoms with Crippen molar-refractivity contribution >= 4 is 46.5 Å². The Morgan fingerprint density at radius 3 is 2.12 bits per heavy atom. The maximum Gasteiger partial charge on any atom is 0.416 e. The van der Waals surface area contributed by atoms with Gasteiger partial charge in [-0.05, 0) is 73.2 Å². The van der Waals surface area contributed by atoms with Gasteiger partial charge in [0.05, 0.1) is 5.56 Å². The fourth-order valence-corrected chi connectivity index (χ4v) is 3.32. The first-order valence-corrected chi connectivity index (χ1v) is 10.9. The van der Waals surface area contributed by atoms with Gasteiger partial charge in [-0.3, -0.25) is 9.69 Å². The minimum absolute atomic E-state index is 0.0572. The molecule has 0 unspecified atom stereocenters. The molecule has 0 aliphatic heterocycles. The number of carbonyl (C=O) groups is 2. The van der Waals surface area contributed by atoms with Crippen LogP contribution in [0.25, 0.3) is 0 Å². The molecule has 3 rings (SSSR count). The summed E-state index contributed by atoms with van der Waals surface area (Å²) in [6, 6.07) is 16.5. The Kier molecular flexibility index (Phi) is 8.41. The van der Waals surface area contributed by atoms with E-state index in [1.54, 1.807) is 48.5 Å². The van der Waals surface area contributed by atoms with Crippen LogP contribution in [0, 0.1) is 0 Å². The highest BCUT2D eigenvalue weighted by Gasteiger charge is 2.31. The Balaban J connectivity index is 1.71. The van der Waals surface area contributed by atoms with E-state index in [0.717, 1.165) is 12.1 Å². The van der Waals surface area contributed by atoms with E-state index in [2.05, 4.69) is 10.6 Å². The van der Waals surface area contributed by atoms with Gasteiger partial charge in [0.25, 0.3) is 5.91 Å². The number of hydrogen-bond donors (Lipinski definition) is 2. The number of carbonyl (C=O) groups excluding carboxylic acids is 2. The first-order chi connectivity index (χ1) is 16.1. The predicted molar refractivity (Wildman–Crippen MR) is 128 cm³/mol. The van der Waals surface area contributed by atoms with Gasteiger partial charge in [-0.1, -0.05) is 29.3 Å². The molecule has 0 spiro atoms. The quantitative estimate of drug-likeness (QED) is 0.341. The maximum absolute atomic E-state index is 13.2. The van der Waals surface area contributed by atoms with Crippen molar-refractivity contribution in [1.29, 1.82) is 0 Å². The highest BCUT2D eigenvalue weighted by Crippen LogP contribution is 2.32. The van der Waals surface area contributed by atoms with Crippen molar-refractivity contribution in [2.24, 2.45) is 0 Å². The van der Waals surface area contributed by atoms with Gasteiger partial charge in [0.2, 0.25) is 0 Å². The SMILES string of the molecule is O=C(NCCCN(C(=O)Nc1ccc(Cl)cc1)c1cccc(C(F)(F)F)c1)c1ccc(Cl)cc1. The number of benzene rings is 3. The lowest BCUT2D eigenvalue weighted by atomic mass is 10.1. The number of nitrogens with zero attached hydrogens (tertiary/aromatic N) is 1. The molecule has 0 radical (unpaired) electrons. The minimum Gasteiger partial charge on any atom is -0.352 e. The zero-order chi connectivity index (χ0) is 24.7. The first kappa shape index (κ1) is 25.4. The second kappa shape index (κ2) is 11.3. The van der Waals surface area contributed by atoms with Gasteiger partial charge in [-0.15, -0.1) is 0 Å². The summed E-state index contributed by atoms with van der Waals surface area (Å²) in [7, 11) is 0. The Morgan fingerprint density at radius 2 is 1.50 bits per heavy atom. The van der Waals surface area contributed by atoms with Crippen LogP contribution in [0.15, 0.2) is 72.8 Å². The summed E-state index contributed by atoms with van der Waals surface area (Å²) in [4.78, 5) is 26.4. The predicted octanol–water partition coefficient (Wildman–Crippen LogP) is 6.87. The third kappa shape index (κ3) is 7.13. The molecular formula is C24H20Cl2F3N3O2. The molecule has 34 heavy (non-hydrogen) atoms. The lowest BCUT2D eigenvalue weighted by molar-refractivity contribution is -0.137. The number of anilines is 2. The van der Waals surface area contributed by atoms with Crippen LogP contribution in [0.1, 0.15) is 22.3 Å². The molecule has 0 aliphatic rings. The molecule has 0 saturated heterocycles. The molecule has 10 heteroatoms. The standard InChI is InChI=1S/C24H20Cl2F3N3O2/c25-18-7-5-16(6-8-18)22(33)30-13-2-14-32(21-4-1-3-17(15-21)24(27,28)29)23(34)31-20-11-9-19(26)10-12-20/h1,3-12,15H,2,13-14H2,(H,30,33)(H,31,34). The van der Waals surface area contributed by atoms with Crippen LogP contribution in [-0.2, 0) is 6.18 Å². The fourth-order valence-electron chi connectivity index (χ4n) is 3.06. The van der Waals surface area contributed by atoms with Gasteiger partial charge in [-0.25, -0.2) is 4.79 Å². The van der Waals surface area contributed by atoms with Crippen LogP contribution in [-0.4, -0.2) is 25.0 Å². The average Bonchev–Trinajstić information content (AvgIpc) is 2.80. The summed E-state index contributed by atoms with van der Waals surface area (Å²) in [5.41, 5.74) is 0.0534. The molecular weight excluding hydrogens is 490 g/mol. The molecule has 0 aromatic heterocycles. The van der Waals surface area contributed by atoms with Gasteiger partial charge in [0, 0.05) is 40.1 Å². The zero-order valence-electron chi connectivity index (χ0n) is 17.7. The third-order valence-corrected chi connectivity index (χ3v) is 5.28. The number of rotatable bonds is 7. The molecule has 178 valence electrons. The van der Waals surface area contributed by atoms with Crippen LogP contribution in [0.4, 0.5) is 29.3 Å². The van der Waals surface area contributed by atoms with E-state index in [1.807, 2.05) is 0 Å². The summed E-state index contributed by atoms with van der Waals surface area (Å²) >= 11 is 11.7. The van der Waals surface area contributed by atoms with Gasteiger partial charge in [0.1, 0.15) is 0 Å². The number of alkyl halides is 3. The van der Waals surface area contributed by atoms with Gasteiger partial charge in [-0.2, -0.15) is 13.2 Å². The molecule has 3 aromatic carbocycles. The molecule has 2 N–H and O–H groups in total. The number of hydrogen-bond acceptors (Lipinski definition) is 2. The minimum atomic E-state index is -4.55. The van der Waals surface area contributed by atoms with Crippen LogP contribution in [0.5, 0.6) is 0 Å². The van der Waals surface area contributed by atoms with Gasteiger partial charge in [0.15, 0.2) is 0 Å². The second-order valence-corrected chi connectivity index (χ2v) is 8.13. The van der Waals surface area contributed by atoms with E-state index in [9.17, 15) is 22.8 Å². The molecule has 3 amide bonds. The Morgan fingerprint density at radius 1 is 0.882 bits per heavy atom. The summed E-state index contributed by atoms with van der Waals surface area (Å²) in [5, 5.41) is 6.35. The van der Waals surface area contributed by atoms with E-state index >= 15 is 0 Å². The number of urea groups is 1. The van der Waals surface area contributed by atoms with E-state index in [0.29, 0.717) is 27.7 Å². The summed E-state index contributed by atoms with van der Waals surface area (Å²) < 4.78 is 39.6. The molecule has 0 bridgehead atoms. The van der Waals surface area contributed by atoms with Crippen molar-refractivity contribution in [3.63, 3.8) is 0 Å². The normalized spacial score (nSPS) is 11.1. The Bertz CT molecular complexity index is 1140. The van der Waals surface area contributed by atoms with Crippen LogP contribution in [0.3, 0.4) is 0 Å². The van der Waals surface area contributed by atoms with Crippen molar-refractivity contribution < 1.29 is 22.8 Å². The van der Waals surface area contributed by atoms with Gasteiger partial charge < -0.3 is 10.6 Å². The largest absolute Gasteiger partial charge is 0.416 e. The second-order valence-electron chi connectivity index (χ2n) is 7.25. The molecule has 0 saturated carbocycles.